The summed E-state index contributed by atoms with van der Waals surface area (Å²) in [6.07, 6.45) is 5.91. The van der Waals surface area contributed by atoms with Gasteiger partial charge >= 0.3 is 0 Å². The van der Waals surface area contributed by atoms with E-state index >= 15 is 0 Å². The highest BCUT2D eigenvalue weighted by Crippen LogP contribution is 2.34. The van der Waals surface area contributed by atoms with Gasteiger partial charge in [-0.2, -0.15) is 0 Å². The number of aromatic nitrogens is 2. The smallest absolute Gasteiger partial charge is 0.129 e. The van der Waals surface area contributed by atoms with Gasteiger partial charge in [0.05, 0.1) is 6.61 Å². The second-order valence-corrected chi connectivity index (χ2v) is 6.24. The Kier molecular flexibility index (Phi) is 4.67. The summed E-state index contributed by atoms with van der Waals surface area (Å²) in [6.45, 7) is 3.10. The molecule has 1 aliphatic heterocycles. The Morgan fingerprint density at radius 1 is 1.29 bits per heavy atom. The van der Waals surface area contributed by atoms with Crippen molar-refractivity contribution in [1.29, 1.82) is 0 Å². The van der Waals surface area contributed by atoms with Crippen molar-refractivity contribution in [3.05, 3.63) is 18.1 Å². The predicted octanol–water partition coefficient (Wildman–Crippen LogP) is 0.550. The van der Waals surface area contributed by atoms with E-state index in [2.05, 4.69) is 26.3 Å². The number of piperidine rings is 1. The highest BCUT2D eigenvalue weighted by molar-refractivity contribution is 5.37. The van der Waals surface area contributed by atoms with E-state index in [1.54, 1.807) is 6.33 Å². The molecule has 6 heteroatoms. The lowest BCUT2D eigenvalue weighted by Gasteiger charge is -2.33. The molecule has 2 heterocycles. The molecule has 1 saturated heterocycles. The standard InChI is InChI=1S/C15H25N5O/c16-12-7-11(8-12)14-9-15(18-10-17-14)19-13-1-3-20(4-2-13)5-6-21/h9-13,21H,1-8,16H2,(H,17,18,19). The molecule has 2 aliphatic rings. The Bertz CT molecular complexity index is 455. The number of nitrogens with two attached hydrogens (primary N) is 1. The molecule has 3 rings (SSSR count). The Labute approximate surface area is 125 Å². The van der Waals surface area contributed by atoms with Gasteiger partial charge in [0.2, 0.25) is 0 Å². The summed E-state index contributed by atoms with van der Waals surface area (Å²) in [5.74, 6) is 1.44. The number of aliphatic hydroxyl groups is 1. The number of β-amino-alcohol motifs (C(OH)–C–C–N with tert-alkyl or cyclic N) is 1. The summed E-state index contributed by atoms with van der Waals surface area (Å²) in [7, 11) is 0. The molecule has 0 aromatic carbocycles. The Balaban J connectivity index is 1.52. The monoisotopic (exact) mass is 291 g/mol. The van der Waals surface area contributed by atoms with Crippen LogP contribution in [0.2, 0.25) is 0 Å². The predicted molar refractivity (Wildman–Crippen MR) is 82.2 cm³/mol. The van der Waals surface area contributed by atoms with Crippen molar-refractivity contribution in [3.8, 4) is 0 Å². The maximum absolute atomic E-state index is 8.97. The second kappa shape index (κ2) is 6.68. The Morgan fingerprint density at radius 3 is 2.71 bits per heavy atom. The SMILES string of the molecule is NC1CC(c2cc(NC3CCN(CCO)CC3)ncn2)C1. The molecule has 0 radical (unpaired) electrons. The van der Waals surface area contributed by atoms with Gasteiger partial charge in [0.15, 0.2) is 0 Å². The van der Waals surface area contributed by atoms with Gasteiger partial charge in [-0.1, -0.05) is 0 Å². The van der Waals surface area contributed by atoms with Gasteiger partial charge < -0.3 is 21.1 Å². The Morgan fingerprint density at radius 2 is 2.05 bits per heavy atom. The molecule has 6 nitrogen and oxygen atoms in total. The van der Waals surface area contributed by atoms with E-state index in [1.165, 1.54) is 0 Å². The van der Waals surface area contributed by atoms with Crippen LogP contribution >= 0.6 is 0 Å². The lowest BCUT2D eigenvalue weighted by atomic mass is 9.78. The van der Waals surface area contributed by atoms with Crippen molar-refractivity contribution in [1.82, 2.24) is 14.9 Å². The number of anilines is 1. The van der Waals surface area contributed by atoms with Crippen LogP contribution in [0.15, 0.2) is 12.4 Å². The summed E-state index contributed by atoms with van der Waals surface area (Å²) in [6, 6.07) is 2.89. The maximum atomic E-state index is 8.97. The first kappa shape index (κ1) is 14.7. The van der Waals surface area contributed by atoms with Crippen molar-refractivity contribution in [3.63, 3.8) is 0 Å². The van der Waals surface area contributed by atoms with Crippen LogP contribution in [0.3, 0.4) is 0 Å². The molecule has 2 fully saturated rings. The summed E-state index contributed by atoms with van der Waals surface area (Å²) >= 11 is 0. The zero-order chi connectivity index (χ0) is 14.7. The molecule has 1 saturated carbocycles. The average molecular weight is 291 g/mol. The fraction of sp³-hybridized carbons (Fsp3) is 0.733. The van der Waals surface area contributed by atoms with Gasteiger partial charge in [-0.25, -0.2) is 9.97 Å². The normalized spacial score (nSPS) is 27.3. The molecule has 1 aromatic rings. The first-order chi connectivity index (χ1) is 10.2. The molecular formula is C15H25N5O. The topological polar surface area (TPSA) is 87.3 Å². The van der Waals surface area contributed by atoms with Crippen molar-refractivity contribution >= 4 is 5.82 Å². The molecule has 4 N–H and O–H groups in total. The van der Waals surface area contributed by atoms with E-state index in [9.17, 15) is 0 Å². The molecule has 1 aromatic heterocycles. The van der Waals surface area contributed by atoms with Crippen LogP contribution in [-0.4, -0.2) is 58.3 Å². The van der Waals surface area contributed by atoms with Crippen LogP contribution in [0.1, 0.15) is 37.3 Å². The van der Waals surface area contributed by atoms with E-state index in [0.717, 1.165) is 56.8 Å². The van der Waals surface area contributed by atoms with Crippen LogP contribution in [0, 0.1) is 0 Å². The molecule has 1 aliphatic carbocycles. The third-order valence-corrected chi connectivity index (χ3v) is 4.64. The van der Waals surface area contributed by atoms with E-state index in [0.29, 0.717) is 18.0 Å². The zero-order valence-electron chi connectivity index (χ0n) is 12.4. The van der Waals surface area contributed by atoms with Gasteiger partial charge in [0, 0.05) is 49.4 Å². The summed E-state index contributed by atoms with van der Waals surface area (Å²) in [4.78, 5) is 11.0. The van der Waals surface area contributed by atoms with Crippen LogP contribution in [-0.2, 0) is 0 Å². The van der Waals surface area contributed by atoms with Gasteiger partial charge in [-0.05, 0) is 25.7 Å². The Hall–Kier alpha value is -1.24. The molecule has 0 bridgehead atoms. The van der Waals surface area contributed by atoms with Crippen molar-refractivity contribution < 1.29 is 5.11 Å². The zero-order valence-corrected chi connectivity index (χ0v) is 12.4. The van der Waals surface area contributed by atoms with E-state index < -0.39 is 0 Å². The number of rotatable bonds is 5. The lowest BCUT2D eigenvalue weighted by Crippen LogP contribution is -2.40. The summed E-state index contributed by atoms with van der Waals surface area (Å²) in [5, 5.41) is 12.5. The summed E-state index contributed by atoms with van der Waals surface area (Å²) in [5.41, 5.74) is 6.97. The first-order valence-electron chi connectivity index (χ1n) is 7.92. The molecule has 0 atom stereocenters. The van der Waals surface area contributed by atoms with E-state index in [1.807, 2.05) is 0 Å². The van der Waals surface area contributed by atoms with Crippen molar-refractivity contribution in [2.24, 2.45) is 5.73 Å². The van der Waals surface area contributed by atoms with Crippen LogP contribution < -0.4 is 11.1 Å². The van der Waals surface area contributed by atoms with Gasteiger partial charge in [-0.3, -0.25) is 0 Å². The number of nitrogens with zero attached hydrogens (tertiary/aromatic N) is 3. The molecular weight excluding hydrogens is 266 g/mol. The van der Waals surface area contributed by atoms with Gasteiger partial charge in [0.1, 0.15) is 12.1 Å². The summed E-state index contributed by atoms with van der Waals surface area (Å²) < 4.78 is 0. The molecule has 0 unspecified atom stereocenters. The van der Waals surface area contributed by atoms with Crippen LogP contribution in [0.25, 0.3) is 0 Å². The van der Waals surface area contributed by atoms with Crippen molar-refractivity contribution in [2.45, 2.75) is 43.7 Å². The number of hydrogen-bond donors (Lipinski definition) is 3. The fourth-order valence-electron chi connectivity index (χ4n) is 3.23. The minimum absolute atomic E-state index is 0.247. The first-order valence-corrected chi connectivity index (χ1v) is 7.92. The third-order valence-electron chi connectivity index (χ3n) is 4.64. The second-order valence-electron chi connectivity index (χ2n) is 6.24. The van der Waals surface area contributed by atoms with Gasteiger partial charge in [-0.15, -0.1) is 0 Å². The molecule has 21 heavy (non-hydrogen) atoms. The molecule has 0 spiro atoms. The minimum Gasteiger partial charge on any atom is -0.395 e. The van der Waals surface area contributed by atoms with Crippen LogP contribution in [0.4, 0.5) is 5.82 Å². The third kappa shape index (κ3) is 3.70. The largest absolute Gasteiger partial charge is 0.395 e. The van der Waals surface area contributed by atoms with E-state index in [4.69, 9.17) is 10.8 Å². The number of aliphatic hydroxyl groups excluding tert-OH is 1. The lowest BCUT2D eigenvalue weighted by molar-refractivity contribution is 0.168. The van der Waals surface area contributed by atoms with Crippen molar-refractivity contribution in [2.75, 3.05) is 31.6 Å². The highest BCUT2D eigenvalue weighted by atomic mass is 16.3. The average Bonchev–Trinajstić information content (AvgIpc) is 2.47. The van der Waals surface area contributed by atoms with Gasteiger partial charge in [0.25, 0.3) is 0 Å². The fourth-order valence-corrected chi connectivity index (χ4v) is 3.23. The van der Waals surface area contributed by atoms with Crippen LogP contribution in [0.5, 0.6) is 0 Å². The molecule has 0 amide bonds. The number of hydrogen-bond acceptors (Lipinski definition) is 6. The minimum atomic E-state index is 0.247. The number of nitrogens with one attached hydrogen (secondary N) is 1. The highest BCUT2D eigenvalue weighted by Gasteiger charge is 2.28. The quantitative estimate of drug-likeness (QED) is 0.734. The van der Waals surface area contributed by atoms with E-state index in [-0.39, 0.29) is 6.61 Å². The molecule has 116 valence electrons. The number of likely N-dealkylation sites (tertiary alicyclic amines) is 1. The maximum Gasteiger partial charge on any atom is 0.129 e.